The maximum Gasteiger partial charge on any atom is 0.0937 e. The van der Waals surface area contributed by atoms with Gasteiger partial charge in [-0.2, -0.15) is 0 Å². The van der Waals surface area contributed by atoms with Crippen molar-refractivity contribution in [1.82, 2.24) is 9.97 Å². The molecule has 0 saturated carbocycles. The van der Waals surface area contributed by atoms with Crippen LogP contribution >= 0.6 is 23.2 Å². The lowest BCUT2D eigenvalue weighted by Crippen LogP contribution is -2.13. The Morgan fingerprint density at radius 3 is 2.45 bits per heavy atom. The molecular formula is C15H11Cl2N3. The molecule has 5 heteroatoms. The van der Waals surface area contributed by atoms with Crippen molar-refractivity contribution in [3.05, 3.63) is 70.0 Å². The first kappa shape index (κ1) is 13.3. The molecule has 20 heavy (non-hydrogen) atoms. The number of hydrogen-bond acceptors (Lipinski definition) is 3. The molecule has 0 amide bonds. The minimum absolute atomic E-state index is 0.401. The van der Waals surface area contributed by atoms with Gasteiger partial charge < -0.3 is 5.73 Å². The summed E-state index contributed by atoms with van der Waals surface area (Å²) in [6.45, 7) is 0. The average Bonchev–Trinajstić information content (AvgIpc) is 2.49. The molecule has 3 nitrogen and oxygen atoms in total. The Bertz CT molecular complexity index is 769. The van der Waals surface area contributed by atoms with Gasteiger partial charge in [0.2, 0.25) is 0 Å². The van der Waals surface area contributed by atoms with Crippen LogP contribution in [0.25, 0.3) is 11.0 Å². The van der Waals surface area contributed by atoms with E-state index in [9.17, 15) is 0 Å². The van der Waals surface area contributed by atoms with Gasteiger partial charge in [-0.1, -0.05) is 47.5 Å². The fraction of sp³-hybridized carbons (Fsp3) is 0.0667. The maximum atomic E-state index is 6.34. The largest absolute Gasteiger partial charge is 0.320 e. The molecule has 3 rings (SSSR count). The quantitative estimate of drug-likeness (QED) is 0.779. The summed E-state index contributed by atoms with van der Waals surface area (Å²) in [6.07, 6.45) is 3.31. The molecule has 2 N–H and O–H groups in total. The monoisotopic (exact) mass is 303 g/mol. The molecule has 0 aliphatic rings. The van der Waals surface area contributed by atoms with Crippen LogP contribution in [-0.2, 0) is 0 Å². The van der Waals surface area contributed by atoms with E-state index in [1.54, 1.807) is 18.5 Å². The van der Waals surface area contributed by atoms with Crippen LogP contribution in [0, 0.1) is 0 Å². The maximum absolute atomic E-state index is 6.34. The summed E-state index contributed by atoms with van der Waals surface area (Å²) in [4.78, 5) is 8.64. The van der Waals surface area contributed by atoms with Crippen LogP contribution in [0.1, 0.15) is 17.2 Å². The predicted octanol–water partition coefficient (Wildman–Crippen LogP) is 3.98. The van der Waals surface area contributed by atoms with Crippen molar-refractivity contribution in [2.45, 2.75) is 6.04 Å². The van der Waals surface area contributed by atoms with Gasteiger partial charge in [0.15, 0.2) is 0 Å². The van der Waals surface area contributed by atoms with E-state index in [0.29, 0.717) is 10.0 Å². The van der Waals surface area contributed by atoms with Crippen LogP contribution < -0.4 is 5.73 Å². The number of rotatable bonds is 2. The van der Waals surface area contributed by atoms with Crippen molar-refractivity contribution in [3.8, 4) is 0 Å². The highest BCUT2D eigenvalue weighted by atomic mass is 35.5. The zero-order valence-corrected chi connectivity index (χ0v) is 11.9. The lowest BCUT2D eigenvalue weighted by Gasteiger charge is -2.16. The number of aromatic nitrogens is 2. The molecule has 0 aliphatic heterocycles. The topological polar surface area (TPSA) is 51.8 Å². The smallest absolute Gasteiger partial charge is 0.0937 e. The summed E-state index contributed by atoms with van der Waals surface area (Å²) < 4.78 is 0. The lowest BCUT2D eigenvalue weighted by molar-refractivity contribution is 0.877. The summed E-state index contributed by atoms with van der Waals surface area (Å²) in [6, 6.07) is 10.8. The first-order chi connectivity index (χ1) is 9.68. The van der Waals surface area contributed by atoms with Crippen molar-refractivity contribution in [3.63, 3.8) is 0 Å². The third-order valence-electron chi connectivity index (χ3n) is 3.18. The van der Waals surface area contributed by atoms with Crippen LogP contribution in [0.5, 0.6) is 0 Å². The Balaban J connectivity index is 2.18. The molecule has 1 heterocycles. The molecule has 0 bridgehead atoms. The van der Waals surface area contributed by atoms with Crippen LogP contribution in [0.15, 0.2) is 48.8 Å². The van der Waals surface area contributed by atoms with Crippen molar-refractivity contribution < 1.29 is 0 Å². The first-order valence-corrected chi connectivity index (χ1v) is 6.83. The van der Waals surface area contributed by atoms with Gasteiger partial charge in [0.1, 0.15) is 0 Å². The SMILES string of the molecule is NC(c1cccc(Cl)c1Cl)c1cccc2nccnc12. The minimum atomic E-state index is -0.401. The molecule has 1 unspecified atom stereocenters. The molecule has 3 aromatic rings. The molecule has 0 aliphatic carbocycles. The fourth-order valence-electron chi connectivity index (χ4n) is 2.19. The number of fused-ring (bicyclic) bond motifs is 1. The molecule has 100 valence electrons. The zero-order chi connectivity index (χ0) is 14.1. The minimum Gasteiger partial charge on any atom is -0.320 e. The Hall–Kier alpha value is -1.68. The first-order valence-electron chi connectivity index (χ1n) is 6.07. The van der Waals surface area contributed by atoms with Crippen LogP contribution in [-0.4, -0.2) is 9.97 Å². The molecule has 0 fully saturated rings. The van der Waals surface area contributed by atoms with Gasteiger partial charge >= 0.3 is 0 Å². The van der Waals surface area contributed by atoms with E-state index in [1.807, 2.05) is 30.3 Å². The Morgan fingerprint density at radius 1 is 0.900 bits per heavy atom. The second-order valence-corrected chi connectivity index (χ2v) is 5.18. The second kappa shape index (κ2) is 5.37. The molecule has 1 aromatic heterocycles. The Labute approximate surface area is 126 Å². The van der Waals surface area contributed by atoms with E-state index >= 15 is 0 Å². The van der Waals surface area contributed by atoms with E-state index in [1.165, 1.54) is 0 Å². The number of nitrogens with zero attached hydrogens (tertiary/aromatic N) is 2. The van der Waals surface area contributed by atoms with Crippen LogP contribution in [0.3, 0.4) is 0 Å². The Morgan fingerprint density at radius 2 is 1.60 bits per heavy atom. The number of halogens is 2. The average molecular weight is 304 g/mol. The molecular weight excluding hydrogens is 293 g/mol. The highest BCUT2D eigenvalue weighted by Gasteiger charge is 2.17. The zero-order valence-electron chi connectivity index (χ0n) is 10.4. The van der Waals surface area contributed by atoms with E-state index in [4.69, 9.17) is 28.9 Å². The van der Waals surface area contributed by atoms with Crippen molar-refractivity contribution in [1.29, 1.82) is 0 Å². The standard InChI is InChI=1S/C15H11Cl2N3/c16-11-5-1-3-9(13(11)17)14(18)10-4-2-6-12-15(10)20-8-7-19-12/h1-8,14H,18H2. The summed E-state index contributed by atoms with van der Waals surface area (Å²) in [5.41, 5.74) is 9.57. The predicted molar refractivity (Wildman–Crippen MR) is 82.0 cm³/mol. The van der Waals surface area contributed by atoms with Crippen molar-refractivity contribution in [2.75, 3.05) is 0 Å². The van der Waals surface area contributed by atoms with E-state index in [2.05, 4.69) is 9.97 Å². The highest BCUT2D eigenvalue weighted by molar-refractivity contribution is 6.42. The van der Waals surface area contributed by atoms with Crippen molar-refractivity contribution in [2.24, 2.45) is 5.73 Å². The summed E-state index contributed by atoms with van der Waals surface area (Å²) in [7, 11) is 0. The van der Waals surface area contributed by atoms with Gasteiger partial charge in [0.25, 0.3) is 0 Å². The Kier molecular flexibility index (Phi) is 3.57. The van der Waals surface area contributed by atoms with Crippen LogP contribution in [0.4, 0.5) is 0 Å². The summed E-state index contributed by atoms with van der Waals surface area (Å²) in [5, 5.41) is 0.966. The summed E-state index contributed by atoms with van der Waals surface area (Å²) >= 11 is 12.3. The van der Waals surface area contributed by atoms with Gasteiger partial charge in [-0.15, -0.1) is 0 Å². The third kappa shape index (κ3) is 2.24. The highest BCUT2D eigenvalue weighted by Crippen LogP contribution is 2.33. The number of hydrogen-bond donors (Lipinski definition) is 1. The third-order valence-corrected chi connectivity index (χ3v) is 4.01. The van der Waals surface area contributed by atoms with Crippen molar-refractivity contribution >= 4 is 34.2 Å². The normalized spacial score (nSPS) is 12.6. The van der Waals surface area contributed by atoms with E-state index in [0.717, 1.165) is 22.2 Å². The molecule has 0 radical (unpaired) electrons. The molecule has 1 atom stereocenters. The van der Waals surface area contributed by atoms with E-state index in [-0.39, 0.29) is 0 Å². The van der Waals surface area contributed by atoms with Gasteiger partial charge in [-0.3, -0.25) is 9.97 Å². The molecule has 0 saturated heterocycles. The second-order valence-electron chi connectivity index (χ2n) is 4.39. The fourth-order valence-corrected chi connectivity index (χ4v) is 2.62. The number of benzene rings is 2. The lowest BCUT2D eigenvalue weighted by atomic mass is 9.98. The van der Waals surface area contributed by atoms with Crippen LogP contribution in [0.2, 0.25) is 10.0 Å². The van der Waals surface area contributed by atoms with Gasteiger partial charge in [0, 0.05) is 18.0 Å². The summed E-state index contributed by atoms with van der Waals surface area (Å²) in [5.74, 6) is 0. The number of para-hydroxylation sites is 1. The number of nitrogens with two attached hydrogens (primary N) is 1. The van der Waals surface area contributed by atoms with Gasteiger partial charge in [0.05, 0.1) is 27.1 Å². The molecule has 2 aromatic carbocycles. The van der Waals surface area contributed by atoms with Gasteiger partial charge in [-0.25, -0.2) is 0 Å². The van der Waals surface area contributed by atoms with Gasteiger partial charge in [-0.05, 0) is 17.7 Å². The van der Waals surface area contributed by atoms with E-state index < -0.39 is 6.04 Å². The molecule has 0 spiro atoms.